The van der Waals surface area contributed by atoms with Gasteiger partial charge in [0, 0.05) is 24.3 Å². The summed E-state index contributed by atoms with van der Waals surface area (Å²) in [5, 5.41) is 0. The maximum Gasteiger partial charge on any atom is 0.185 e. The highest BCUT2D eigenvalue weighted by Gasteiger charge is 2.16. The second-order valence-corrected chi connectivity index (χ2v) is 5.24. The molecule has 0 unspecified atom stereocenters. The molecule has 1 saturated heterocycles. The third-order valence-corrected chi connectivity index (χ3v) is 3.86. The average molecular weight is 269 g/mol. The van der Waals surface area contributed by atoms with E-state index < -0.39 is 0 Å². The Balaban J connectivity index is 1.96. The summed E-state index contributed by atoms with van der Waals surface area (Å²) in [6.45, 7) is 2.19. The Morgan fingerprint density at radius 2 is 1.70 bits per heavy atom. The van der Waals surface area contributed by atoms with E-state index in [1.54, 1.807) is 6.07 Å². The minimum absolute atomic E-state index is 0.380. The third-order valence-electron chi connectivity index (χ3n) is 3.86. The second-order valence-electron chi connectivity index (χ2n) is 5.24. The van der Waals surface area contributed by atoms with Gasteiger partial charge in [0.2, 0.25) is 0 Å². The first kappa shape index (κ1) is 13.0. The number of para-hydroxylation sites is 1. The van der Waals surface area contributed by atoms with Crippen molar-refractivity contribution in [1.82, 2.24) is 0 Å². The molecule has 0 atom stereocenters. The van der Waals surface area contributed by atoms with E-state index in [0.717, 1.165) is 30.7 Å². The Kier molecular flexibility index (Phi) is 3.86. The minimum Gasteiger partial charge on any atom is -0.453 e. The number of hydrogen-bond acceptors (Lipinski definition) is 3. The molecule has 1 aromatic heterocycles. The molecule has 0 aliphatic carbocycles. The van der Waals surface area contributed by atoms with Crippen LogP contribution in [0.3, 0.4) is 0 Å². The third kappa shape index (κ3) is 2.62. The minimum atomic E-state index is 0.380. The first-order chi connectivity index (χ1) is 9.88. The predicted molar refractivity (Wildman–Crippen MR) is 80.2 cm³/mol. The SMILES string of the molecule is O=Cc1ccc(-c2ccccc2N2CCCCCC2)o1. The molecule has 3 heteroatoms. The lowest BCUT2D eigenvalue weighted by atomic mass is 10.1. The number of carbonyl (C=O) groups is 1. The summed E-state index contributed by atoms with van der Waals surface area (Å²) in [6, 6.07) is 11.9. The van der Waals surface area contributed by atoms with Crippen molar-refractivity contribution in [3.8, 4) is 11.3 Å². The summed E-state index contributed by atoms with van der Waals surface area (Å²) in [7, 11) is 0. The Labute approximate surface area is 119 Å². The molecule has 0 amide bonds. The quantitative estimate of drug-likeness (QED) is 0.785. The molecule has 3 rings (SSSR count). The molecule has 1 aromatic carbocycles. The predicted octanol–water partition coefficient (Wildman–Crippen LogP) is 4.14. The number of nitrogens with zero attached hydrogens (tertiary/aromatic N) is 1. The maximum absolute atomic E-state index is 10.8. The van der Waals surface area contributed by atoms with Gasteiger partial charge in [-0.3, -0.25) is 4.79 Å². The van der Waals surface area contributed by atoms with Crippen molar-refractivity contribution < 1.29 is 9.21 Å². The van der Waals surface area contributed by atoms with Crippen LogP contribution in [0.15, 0.2) is 40.8 Å². The molecule has 2 heterocycles. The highest BCUT2D eigenvalue weighted by Crippen LogP contribution is 2.33. The van der Waals surface area contributed by atoms with E-state index in [9.17, 15) is 4.79 Å². The molecule has 20 heavy (non-hydrogen) atoms. The highest BCUT2D eigenvalue weighted by molar-refractivity contribution is 5.78. The lowest BCUT2D eigenvalue weighted by Crippen LogP contribution is -2.24. The molecular formula is C17H19NO2. The van der Waals surface area contributed by atoms with Gasteiger partial charge in [0.1, 0.15) is 5.76 Å². The first-order valence-corrected chi connectivity index (χ1v) is 7.28. The van der Waals surface area contributed by atoms with Crippen LogP contribution in [-0.4, -0.2) is 19.4 Å². The van der Waals surface area contributed by atoms with Crippen LogP contribution in [-0.2, 0) is 0 Å². The van der Waals surface area contributed by atoms with E-state index in [1.807, 2.05) is 12.1 Å². The average Bonchev–Trinajstić information content (AvgIpc) is 2.81. The zero-order valence-electron chi connectivity index (χ0n) is 11.5. The molecule has 0 saturated carbocycles. The van der Waals surface area contributed by atoms with Gasteiger partial charge in [0.05, 0.1) is 0 Å². The number of benzene rings is 1. The van der Waals surface area contributed by atoms with Gasteiger partial charge in [0.25, 0.3) is 0 Å². The zero-order chi connectivity index (χ0) is 13.8. The first-order valence-electron chi connectivity index (χ1n) is 7.28. The zero-order valence-corrected chi connectivity index (χ0v) is 11.5. The molecule has 1 fully saturated rings. The van der Waals surface area contributed by atoms with Crippen LogP contribution in [0.25, 0.3) is 11.3 Å². The van der Waals surface area contributed by atoms with Gasteiger partial charge in [-0.05, 0) is 37.1 Å². The fourth-order valence-electron chi connectivity index (χ4n) is 2.83. The van der Waals surface area contributed by atoms with Gasteiger partial charge in [-0.1, -0.05) is 25.0 Å². The Bertz CT molecular complexity index is 580. The molecule has 0 spiro atoms. The van der Waals surface area contributed by atoms with E-state index >= 15 is 0 Å². The molecule has 0 radical (unpaired) electrons. The lowest BCUT2D eigenvalue weighted by molar-refractivity contribution is 0.110. The van der Waals surface area contributed by atoms with Crippen LogP contribution in [0.5, 0.6) is 0 Å². The van der Waals surface area contributed by atoms with Gasteiger partial charge < -0.3 is 9.32 Å². The van der Waals surface area contributed by atoms with Gasteiger partial charge in [-0.15, -0.1) is 0 Å². The normalized spacial score (nSPS) is 15.9. The highest BCUT2D eigenvalue weighted by atomic mass is 16.3. The van der Waals surface area contributed by atoms with E-state index in [-0.39, 0.29) is 0 Å². The number of carbonyl (C=O) groups excluding carboxylic acids is 1. The van der Waals surface area contributed by atoms with Crippen molar-refractivity contribution in [3.05, 3.63) is 42.2 Å². The van der Waals surface area contributed by atoms with E-state index in [4.69, 9.17) is 4.42 Å². The number of furan rings is 1. The van der Waals surface area contributed by atoms with Gasteiger partial charge in [0.15, 0.2) is 12.0 Å². The van der Waals surface area contributed by atoms with Crippen molar-refractivity contribution >= 4 is 12.0 Å². The smallest absolute Gasteiger partial charge is 0.185 e. The summed E-state index contributed by atoms with van der Waals surface area (Å²) in [5.41, 5.74) is 2.28. The number of hydrogen-bond donors (Lipinski definition) is 0. The summed E-state index contributed by atoms with van der Waals surface area (Å²) < 4.78 is 5.59. The summed E-state index contributed by atoms with van der Waals surface area (Å²) in [5.74, 6) is 1.15. The van der Waals surface area contributed by atoms with Crippen molar-refractivity contribution in [2.24, 2.45) is 0 Å². The van der Waals surface area contributed by atoms with Gasteiger partial charge in [-0.25, -0.2) is 0 Å². The van der Waals surface area contributed by atoms with Crippen LogP contribution < -0.4 is 4.90 Å². The summed E-state index contributed by atoms with van der Waals surface area (Å²) in [6.07, 6.45) is 5.86. The molecule has 0 bridgehead atoms. The van der Waals surface area contributed by atoms with Crippen molar-refractivity contribution in [3.63, 3.8) is 0 Å². The van der Waals surface area contributed by atoms with Crippen LogP contribution in [0.2, 0.25) is 0 Å². The van der Waals surface area contributed by atoms with E-state index in [2.05, 4.69) is 23.1 Å². The van der Waals surface area contributed by atoms with Crippen molar-refractivity contribution in [2.45, 2.75) is 25.7 Å². The molecule has 3 nitrogen and oxygen atoms in total. The molecule has 2 aromatic rings. The Hall–Kier alpha value is -2.03. The molecule has 1 aliphatic rings. The van der Waals surface area contributed by atoms with Crippen LogP contribution in [0, 0.1) is 0 Å². The van der Waals surface area contributed by atoms with Crippen molar-refractivity contribution in [2.75, 3.05) is 18.0 Å². The number of aldehydes is 1. The van der Waals surface area contributed by atoms with Gasteiger partial charge >= 0.3 is 0 Å². The second kappa shape index (κ2) is 5.95. The van der Waals surface area contributed by atoms with E-state index in [1.165, 1.54) is 31.4 Å². The van der Waals surface area contributed by atoms with Crippen LogP contribution >= 0.6 is 0 Å². The standard InChI is InChI=1S/C17H19NO2/c19-13-14-9-10-17(20-14)15-7-3-4-8-16(15)18-11-5-1-2-6-12-18/h3-4,7-10,13H,1-2,5-6,11-12H2. The molecular weight excluding hydrogens is 250 g/mol. The number of anilines is 1. The summed E-state index contributed by atoms with van der Waals surface area (Å²) in [4.78, 5) is 13.2. The fraction of sp³-hybridized carbons (Fsp3) is 0.353. The summed E-state index contributed by atoms with van der Waals surface area (Å²) >= 11 is 0. The molecule has 1 aliphatic heterocycles. The molecule has 0 N–H and O–H groups in total. The fourth-order valence-corrected chi connectivity index (χ4v) is 2.83. The van der Waals surface area contributed by atoms with Crippen molar-refractivity contribution in [1.29, 1.82) is 0 Å². The topological polar surface area (TPSA) is 33.5 Å². The lowest BCUT2D eigenvalue weighted by Gasteiger charge is -2.24. The maximum atomic E-state index is 10.8. The van der Waals surface area contributed by atoms with E-state index in [0.29, 0.717) is 5.76 Å². The van der Waals surface area contributed by atoms with Crippen LogP contribution in [0.4, 0.5) is 5.69 Å². The Morgan fingerprint density at radius 3 is 2.40 bits per heavy atom. The monoisotopic (exact) mass is 269 g/mol. The number of rotatable bonds is 3. The largest absolute Gasteiger partial charge is 0.453 e. The van der Waals surface area contributed by atoms with Gasteiger partial charge in [-0.2, -0.15) is 0 Å². The van der Waals surface area contributed by atoms with Crippen LogP contribution in [0.1, 0.15) is 36.2 Å². The Morgan fingerprint density at radius 1 is 0.950 bits per heavy atom. The molecule has 104 valence electrons.